The molecule has 0 amide bonds. The van der Waals surface area contributed by atoms with E-state index in [4.69, 9.17) is 5.11 Å². The minimum Gasteiger partial charge on any atom is -0.481 e. The van der Waals surface area contributed by atoms with Gasteiger partial charge in [0.05, 0.1) is 5.92 Å². The highest BCUT2D eigenvalue weighted by Gasteiger charge is 2.44. The second kappa shape index (κ2) is 4.97. The minimum absolute atomic E-state index is 0.0907. The summed E-state index contributed by atoms with van der Waals surface area (Å²) in [5.41, 5.74) is 0.538. The first-order chi connectivity index (χ1) is 8.10. The highest BCUT2D eigenvalue weighted by atomic mass is 16.4. The van der Waals surface area contributed by atoms with Gasteiger partial charge in [-0.3, -0.25) is 9.69 Å². The number of hydrogen-bond donors (Lipinski definition) is 1. The van der Waals surface area contributed by atoms with Gasteiger partial charge in [-0.05, 0) is 37.5 Å². The summed E-state index contributed by atoms with van der Waals surface area (Å²) in [5, 5.41) is 9.11. The monoisotopic (exact) mass is 239 g/mol. The lowest BCUT2D eigenvalue weighted by molar-refractivity contribution is -0.144. The van der Waals surface area contributed by atoms with Crippen LogP contribution in [0.5, 0.6) is 0 Å². The van der Waals surface area contributed by atoms with Crippen LogP contribution in [-0.2, 0) is 4.79 Å². The van der Waals surface area contributed by atoms with Crippen molar-refractivity contribution in [2.24, 2.45) is 11.3 Å². The quantitative estimate of drug-likeness (QED) is 0.820. The third-order valence-corrected chi connectivity index (χ3v) is 5.09. The summed E-state index contributed by atoms with van der Waals surface area (Å²) in [6.07, 6.45) is 6.56. The van der Waals surface area contributed by atoms with Gasteiger partial charge >= 0.3 is 5.97 Å². The van der Waals surface area contributed by atoms with E-state index in [1.165, 1.54) is 32.4 Å². The summed E-state index contributed by atoms with van der Waals surface area (Å²) in [6, 6.07) is 0.538. The van der Waals surface area contributed by atoms with Crippen LogP contribution in [0.15, 0.2) is 0 Å². The molecule has 1 N–H and O–H groups in total. The molecule has 3 nitrogen and oxygen atoms in total. The van der Waals surface area contributed by atoms with Crippen LogP contribution >= 0.6 is 0 Å². The Morgan fingerprint density at radius 3 is 2.47 bits per heavy atom. The van der Waals surface area contributed by atoms with Crippen molar-refractivity contribution in [3.8, 4) is 0 Å². The van der Waals surface area contributed by atoms with Crippen molar-refractivity contribution in [1.82, 2.24) is 4.90 Å². The zero-order valence-corrected chi connectivity index (χ0v) is 11.1. The van der Waals surface area contributed by atoms with E-state index in [1.54, 1.807) is 0 Å². The molecule has 1 aliphatic carbocycles. The third kappa shape index (κ3) is 2.49. The maximum Gasteiger partial charge on any atom is 0.306 e. The summed E-state index contributed by atoms with van der Waals surface area (Å²) < 4.78 is 0. The van der Waals surface area contributed by atoms with Gasteiger partial charge in [-0.1, -0.05) is 20.3 Å². The molecule has 98 valence electrons. The van der Waals surface area contributed by atoms with Gasteiger partial charge in [0, 0.05) is 19.1 Å². The van der Waals surface area contributed by atoms with E-state index in [0.29, 0.717) is 11.5 Å². The fourth-order valence-electron chi connectivity index (χ4n) is 3.49. The van der Waals surface area contributed by atoms with Crippen molar-refractivity contribution in [3.05, 3.63) is 0 Å². The molecule has 0 aromatic carbocycles. The van der Waals surface area contributed by atoms with Crippen molar-refractivity contribution in [3.63, 3.8) is 0 Å². The predicted octanol–water partition coefficient (Wildman–Crippen LogP) is 2.75. The maximum atomic E-state index is 11.1. The summed E-state index contributed by atoms with van der Waals surface area (Å²) in [4.78, 5) is 13.6. The first-order valence-electron chi connectivity index (χ1n) is 7.07. The molecule has 1 aliphatic heterocycles. The summed E-state index contributed by atoms with van der Waals surface area (Å²) >= 11 is 0. The average molecular weight is 239 g/mol. The Hall–Kier alpha value is -0.570. The standard InChI is InChI=1S/C14H25NO2/c1-3-14(4-2)9-15(10-14)12-7-5-6-11(8-12)13(16)17/h11-12H,3-10H2,1-2H3,(H,16,17). The normalized spacial score (nSPS) is 33.1. The lowest BCUT2D eigenvalue weighted by atomic mass is 9.72. The van der Waals surface area contributed by atoms with Crippen molar-refractivity contribution in [1.29, 1.82) is 0 Å². The van der Waals surface area contributed by atoms with Crippen molar-refractivity contribution in [2.45, 2.75) is 58.4 Å². The fraction of sp³-hybridized carbons (Fsp3) is 0.929. The van der Waals surface area contributed by atoms with Crippen LogP contribution in [0.2, 0.25) is 0 Å². The molecular weight excluding hydrogens is 214 g/mol. The molecule has 2 aliphatic rings. The van der Waals surface area contributed by atoms with Gasteiger partial charge in [-0.2, -0.15) is 0 Å². The Labute approximate surface area is 104 Å². The van der Waals surface area contributed by atoms with E-state index in [9.17, 15) is 4.79 Å². The summed E-state index contributed by atoms with van der Waals surface area (Å²) in [5.74, 6) is -0.681. The zero-order chi connectivity index (χ0) is 12.5. The minimum atomic E-state index is -0.590. The SMILES string of the molecule is CCC1(CC)CN(C2CCCC(C(=O)O)C2)C1. The number of aliphatic carboxylic acids is 1. The second-order valence-electron chi connectivity index (χ2n) is 5.97. The number of hydrogen-bond acceptors (Lipinski definition) is 2. The molecule has 1 heterocycles. The average Bonchev–Trinajstić information content (AvgIpc) is 2.29. The van der Waals surface area contributed by atoms with E-state index < -0.39 is 5.97 Å². The lowest BCUT2D eigenvalue weighted by Crippen LogP contribution is -2.60. The molecule has 2 atom stereocenters. The number of likely N-dealkylation sites (tertiary alicyclic amines) is 1. The molecule has 0 aromatic heterocycles. The molecule has 3 heteroatoms. The molecule has 0 bridgehead atoms. The van der Waals surface area contributed by atoms with Crippen LogP contribution in [0, 0.1) is 11.3 Å². The maximum absolute atomic E-state index is 11.1. The largest absolute Gasteiger partial charge is 0.481 e. The Bertz CT molecular complexity index is 278. The number of carboxylic acid groups (broad SMARTS) is 1. The van der Waals surface area contributed by atoms with Crippen LogP contribution in [0.25, 0.3) is 0 Å². The Morgan fingerprint density at radius 2 is 1.94 bits per heavy atom. The summed E-state index contributed by atoms with van der Waals surface area (Å²) in [6.45, 7) is 6.94. The molecule has 17 heavy (non-hydrogen) atoms. The number of carboxylic acids is 1. The molecule has 2 rings (SSSR count). The van der Waals surface area contributed by atoms with Gasteiger partial charge < -0.3 is 5.11 Å². The van der Waals surface area contributed by atoms with Crippen LogP contribution in [0.4, 0.5) is 0 Å². The van der Waals surface area contributed by atoms with E-state index in [2.05, 4.69) is 18.7 Å². The van der Waals surface area contributed by atoms with Gasteiger partial charge in [-0.25, -0.2) is 0 Å². The van der Waals surface area contributed by atoms with E-state index in [-0.39, 0.29) is 5.92 Å². The van der Waals surface area contributed by atoms with Gasteiger partial charge in [0.25, 0.3) is 0 Å². The van der Waals surface area contributed by atoms with Crippen molar-refractivity contribution in [2.75, 3.05) is 13.1 Å². The zero-order valence-electron chi connectivity index (χ0n) is 11.1. The smallest absolute Gasteiger partial charge is 0.306 e. The van der Waals surface area contributed by atoms with Gasteiger partial charge in [0.1, 0.15) is 0 Å². The van der Waals surface area contributed by atoms with E-state index >= 15 is 0 Å². The van der Waals surface area contributed by atoms with Crippen LogP contribution in [0.1, 0.15) is 52.4 Å². The van der Waals surface area contributed by atoms with Crippen LogP contribution < -0.4 is 0 Å². The Kier molecular flexibility index (Phi) is 3.76. The van der Waals surface area contributed by atoms with Crippen molar-refractivity contribution < 1.29 is 9.90 Å². The van der Waals surface area contributed by atoms with Crippen LogP contribution in [-0.4, -0.2) is 35.1 Å². The highest BCUT2D eigenvalue weighted by Crippen LogP contribution is 2.41. The van der Waals surface area contributed by atoms with Crippen LogP contribution in [0.3, 0.4) is 0 Å². The molecule has 0 aromatic rings. The predicted molar refractivity (Wildman–Crippen MR) is 68.0 cm³/mol. The lowest BCUT2D eigenvalue weighted by Gasteiger charge is -2.54. The fourth-order valence-corrected chi connectivity index (χ4v) is 3.49. The molecule has 2 fully saturated rings. The van der Waals surface area contributed by atoms with E-state index in [0.717, 1.165) is 19.3 Å². The molecule has 1 saturated heterocycles. The molecule has 2 unspecified atom stereocenters. The number of rotatable bonds is 4. The summed E-state index contributed by atoms with van der Waals surface area (Å²) in [7, 11) is 0. The molecule has 1 saturated carbocycles. The first-order valence-corrected chi connectivity index (χ1v) is 7.07. The first kappa shape index (κ1) is 12.9. The number of nitrogens with zero attached hydrogens (tertiary/aromatic N) is 1. The molecular formula is C14H25NO2. The number of carbonyl (C=O) groups is 1. The third-order valence-electron chi connectivity index (χ3n) is 5.09. The highest BCUT2D eigenvalue weighted by molar-refractivity contribution is 5.70. The topological polar surface area (TPSA) is 40.5 Å². The Morgan fingerprint density at radius 1 is 1.29 bits per heavy atom. The van der Waals surface area contributed by atoms with Gasteiger partial charge in [0.15, 0.2) is 0 Å². The van der Waals surface area contributed by atoms with Gasteiger partial charge in [0.2, 0.25) is 0 Å². The Balaban J connectivity index is 1.86. The molecule has 0 radical (unpaired) electrons. The van der Waals surface area contributed by atoms with E-state index in [1.807, 2.05) is 0 Å². The molecule has 0 spiro atoms. The van der Waals surface area contributed by atoms with Crippen molar-refractivity contribution >= 4 is 5.97 Å². The van der Waals surface area contributed by atoms with Gasteiger partial charge in [-0.15, -0.1) is 0 Å². The second-order valence-corrected chi connectivity index (χ2v) is 5.97.